The molecule has 0 bridgehead atoms. The van der Waals surface area contributed by atoms with Crippen molar-refractivity contribution >= 4 is 0 Å². The number of nitrogens with zero attached hydrogens (tertiary/aromatic N) is 2. The van der Waals surface area contributed by atoms with Gasteiger partial charge in [0, 0.05) is 24.5 Å². The average molecular weight is 241 g/mol. The molecule has 0 aliphatic heterocycles. The van der Waals surface area contributed by atoms with Crippen molar-refractivity contribution in [1.82, 2.24) is 14.7 Å². The van der Waals surface area contributed by atoms with Crippen LogP contribution in [-0.4, -0.2) is 14.7 Å². The SMILES string of the molecule is O=c1cc(-c2cccc(Cn3ccnc3)c2)o[nH]1. The maximum absolute atomic E-state index is 11.0. The molecule has 2 heterocycles. The summed E-state index contributed by atoms with van der Waals surface area (Å²) in [6, 6.07) is 9.30. The third kappa shape index (κ3) is 2.10. The summed E-state index contributed by atoms with van der Waals surface area (Å²) in [5, 5.41) is 2.29. The van der Waals surface area contributed by atoms with Crippen LogP contribution >= 0.6 is 0 Å². The largest absolute Gasteiger partial charge is 0.378 e. The first kappa shape index (κ1) is 10.6. The van der Waals surface area contributed by atoms with Crippen LogP contribution in [0.25, 0.3) is 11.3 Å². The number of rotatable bonds is 3. The van der Waals surface area contributed by atoms with Crippen molar-refractivity contribution in [3.8, 4) is 11.3 Å². The Morgan fingerprint density at radius 3 is 3.00 bits per heavy atom. The Morgan fingerprint density at radius 1 is 1.33 bits per heavy atom. The lowest BCUT2D eigenvalue weighted by Crippen LogP contribution is -1.96. The van der Waals surface area contributed by atoms with E-state index in [4.69, 9.17) is 4.52 Å². The van der Waals surface area contributed by atoms with Gasteiger partial charge in [-0.2, -0.15) is 5.16 Å². The molecule has 2 aromatic heterocycles. The molecule has 3 rings (SSSR count). The lowest BCUT2D eigenvalue weighted by molar-refractivity contribution is 0.426. The lowest BCUT2D eigenvalue weighted by atomic mass is 10.1. The van der Waals surface area contributed by atoms with Crippen LogP contribution < -0.4 is 5.56 Å². The van der Waals surface area contributed by atoms with Gasteiger partial charge in [-0.1, -0.05) is 18.2 Å². The molecule has 5 heteroatoms. The molecular weight excluding hydrogens is 230 g/mol. The Bertz CT molecular complexity index is 695. The smallest absolute Gasteiger partial charge is 0.280 e. The van der Waals surface area contributed by atoms with E-state index in [0.717, 1.165) is 17.7 Å². The van der Waals surface area contributed by atoms with Gasteiger partial charge in [0.1, 0.15) is 0 Å². The van der Waals surface area contributed by atoms with Gasteiger partial charge < -0.3 is 9.09 Å². The van der Waals surface area contributed by atoms with Crippen molar-refractivity contribution in [3.05, 3.63) is 65.0 Å². The first-order valence-electron chi connectivity index (χ1n) is 5.55. The van der Waals surface area contributed by atoms with Gasteiger partial charge in [-0.3, -0.25) is 4.79 Å². The Morgan fingerprint density at radius 2 is 2.28 bits per heavy atom. The fraction of sp³-hybridized carbons (Fsp3) is 0.0769. The molecule has 0 saturated heterocycles. The third-order valence-electron chi connectivity index (χ3n) is 2.66. The number of imidazole rings is 1. The predicted molar refractivity (Wildman–Crippen MR) is 66.1 cm³/mol. The molecule has 0 amide bonds. The quantitative estimate of drug-likeness (QED) is 0.761. The predicted octanol–water partition coefficient (Wildman–Crippen LogP) is 1.88. The minimum Gasteiger partial charge on any atom is -0.378 e. The standard InChI is InChI=1S/C13H11N3O2/c17-13-7-12(18-15-13)11-3-1-2-10(6-11)8-16-5-4-14-9-16/h1-7,9H,8H2,(H,15,17). The minimum absolute atomic E-state index is 0.231. The van der Waals surface area contributed by atoms with Gasteiger partial charge in [-0.25, -0.2) is 4.98 Å². The molecule has 5 nitrogen and oxygen atoms in total. The monoisotopic (exact) mass is 241 g/mol. The van der Waals surface area contributed by atoms with Crippen LogP contribution in [0.3, 0.4) is 0 Å². The van der Waals surface area contributed by atoms with E-state index in [2.05, 4.69) is 10.1 Å². The van der Waals surface area contributed by atoms with Crippen LogP contribution in [0.1, 0.15) is 5.56 Å². The van der Waals surface area contributed by atoms with E-state index < -0.39 is 0 Å². The fourth-order valence-electron chi connectivity index (χ4n) is 1.84. The summed E-state index contributed by atoms with van der Waals surface area (Å²) in [7, 11) is 0. The average Bonchev–Trinajstić information content (AvgIpc) is 3.01. The van der Waals surface area contributed by atoms with Crippen molar-refractivity contribution in [2.24, 2.45) is 0 Å². The maximum atomic E-state index is 11.0. The van der Waals surface area contributed by atoms with Crippen LogP contribution in [-0.2, 0) is 6.54 Å². The maximum Gasteiger partial charge on any atom is 0.280 e. The summed E-state index contributed by atoms with van der Waals surface area (Å²) in [4.78, 5) is 15.0. The number of hydrogen-bond acceptors (Lipinski definition) is 3. The van der Waals surface area contributed by atoms with Crippen molar-refractivity contribution in [1.29, 1.82) is 0 Å². The summed E-state index contributed by atoms with van der Waals surface area (Å²) in [5.41, 5.74) is 1.77. The van der Waals surface area contributed by atoms with Crippen molar-refractivity contribution in [2.75, 3.05) is 0 Å². The molecule has 90 valence electrons. The third-order valence-corrected chi connectivity index (χ3v) is 2.66. The van der Waals surface area contributed by atoms with Crippen molar-refractivity contribution in [3.63, 3.8) is 0 Å². The molecule has 0 fully saturated rings. The van der Waals surface area contributed by atoms with Crippen LogP contribution in [0.4, 0.5) is 0 Å². The van der Waals surface area contributed by atoms with E-state index in [1.165, 1.54) is 6.07 Å². The number of aromatic nitrogens is 3. The molecule has 0 unspecified atom stereocenters. The topological polar surface area (TPSA) is 63.8 Å². The molecule has 0 atom stereocenters. The molecule has 1 N–H and O–H groups in total. The summed E-state index contributed by atoms with van der Waals surface area (Å²) >= 11 is 0. The zero-order valence-corrected chi connectivity index (χ0v) is 9.54. The molecule has 3 aromatic rings. The van der Waals surface area contributed by atoms with Gasteiger partial charge in [0.25, 0.3) is 5.56 Å². The summed E-state index contributed by atoms with van der Waals surface area (Å²) in [6.07, 6.45) is 5.42. The minimum atomic E-state index is -0.231. The second-order valence-electron chi connectivity index (χ2n) is 4.01. The van der Waals surface area contributed by atoms with Crippen LogP contribution in [0.2, 0.25) is 0 Å². The zero-order valence-electron chi connectivity index (χ0n) is 9.54. The Hall–Kier alpha value is -2.56. The molecule has 0 aliphatic carbocycles. The summed E-state index contributed by atoms with van der Waals surface area (Å²) in [6.45, 7) is 0.739. The molecule has 0 spiro atoms. The normalized spacial score (nSPS) is 10.7. The Balaban J connectivity index is 1.91. The zero-order chi connectivity index (χ0) is 12.4. The first-order chi connectivity index (χ1) is 8.81. The van der Waals surface area contributed by atoms with E-state index in [0.29, 0.717) is 5.76 Å². The number of hydrogen-bond donors (Lipinski definition) is 1. The second-order valence-corrected chi connectivity index (χ2v) is 4.01. The first-order valence-corrected chi connectivity index (χ1v) is 5.55. The molecule has 0 radical (unpaired) electrons. The molecule has 0 aliphatic rings. The summed E-state index contributed by atoms with van der Waals surface area (Å²) in [5.74, 6) is 0.549. The number of aromatic amines is 1. The van der Waals surface area contributed by atoms with Crippen molar-refractivity contribution in [2.45, 2.75) is 6.54 Å². The van der Waals surface area contributed by atoms with Gasteiger partial charge in [0.05, 0.1) is 12.4 Å². The molecular formula is C13H11N3O2. The highest BCUT2D eigenvalue weighted by molar-refractivity contribution is 5.57. The van der Waals surface area contributed by atoms with Gasteiger partial charge in [0.2, 0.25) is 0 Å². The Labute approximate surface area is 103 Å². The number of nitrogens with one attached hydrogen (secondary N) is 1. The number of H-pyrrole nitrogens is 1. The molecule has 0 saturated carbocycles. The van der Waals surface area contributed by atoms with E-state index in [1.54, 1.807) is 12.5 Å². The summed E-state index contributed by atoms with van der Waals surface area (Å²) < 4.78 is 7.06. The van der Waals surface area contributed by atoms with Crippen molar-refractivity contribution < 1.29 is 4.52 Å². The molecule has 1 aromatic carbocycles. The fourth-order valence-corrected chi connectivity index (χ4v) is 1.84. The van der Waals surface area contributed by atoms with Crippen LogP contribution in [0.5, 0.6) is 0 Å². The van der Waals surface area contributed by atoms with Crippen LogP contribution in [0.15, 0.2) is 58.4 Å². The van der Waals surface area contributed by atoms with Crippen LogP contribution in [0, 0.1) is 0 Å². The lowest BCUT2D eigenvalue weighted by Gasteiger charge is -2.04. The van der Waals surface area contributed by atoms with E-state index >= 15 is 0 Å². The highest BCUT2D eigenvalue weighted by atomic mass is 16.5. The van der Waals surface area contributed by atoms with E-state index in [-0.39, 0.29) is 5.56 Å². The van der Waals surface area contributed by atoms with Gasteiger partial charge in [-0.05, 0) is 11.6 Å². The van der Waals surface area contributed by atoms with E-state index in [1.807, 2.05) is 35.0 Å². The van der Waals surface area contributed by atoms with Gasteiger partial charge in [0.15, 0.2) is 5.76 Å². The number of benzene rings is 1. The highest BCUT2D eigenvalue weighted by Gasteiger charge is 2.04. The van der Waals surface area contributed by atoms with Gasteiger partial charge in [-0.15, -0.1) is 0 Å². The second kappa shape index (κ2) is 4.37. The van der Waals surface area contributed by atoms with Gasteiger partial charge >= 0.3 is 0 Å². The highest BCUT2D eigenvalue weighted by Crippen LogP contribution is 2.18. The molecule has 18 heavy (non-hydrogen) atoms. The Kier molecular flexibility index (Phi) is 2.57. The van der Waals surface area contributed by atoms with E-state index in [9.17, 15) is 4.79 Å².